The zero-order valence-electron chi connectivity index (χ0n) is 11.5. The molecule has 0 spiro atoms. The van der Waals surface area contributed by atoms with E-state index in [1.54, 1.807) is 0 Å². The molecule has 2 aliphatic rings. The van der Waals surface area contributed by atoms with Crippen LogP contribution in [0.4, 0.5) is 0 Å². The van der Waals surface area contributed by atoms with Gasteiger partial charge in [0.1, 0.15) is 5.75 Å². The fraction of sp³-hybridized carbons (Fsp3) is 0.500. The molecule has 0 bridgehead atoms. The number of benzene rings is 1. The van der Waals surface area contributed by atoms with Gasteiger partial charge in [0.2, 0.25) is 0 Å². The van der Waals surface area contributed by atoms with E-state index in [2.05, 4.69) is 30.4 Å². The van der Waals surface area contributed by atoms with Crippen LogP contribution in [0.25, 0.3) is 6.08 Å². The van der Waals surface area contributed by atoms with E-state index in [1.165, 1.54) is 16.7 Å². The van der Waals surface area contributed by atoms with E-state index in [9.17, 15) is 0 Å². The number of hydrogen-bond acceptors (Lipinski definition) is 3. The molecule has 102 valence electrons. The first kappa shape index (κ1) is 12.5. The first-order chi connectivity index (χ1) is 9.22. The lowest BCUT2D eigenvalue weighted by molar-refractivity contribution is 0.146. The van der Waals surface area contributed by atoms with Crippen LogP contribution in [0.3, 0.4) is 0 Å². The average Bonchev–Trinajstić information content (AvgIpc) is 2.42. The average molecular weight is 258 g/mol. The number of nitrogens with one attached hydrogen (secondary N) is 1. The van der Waals surface area contributed by atoms with Crippen molar-refractivity contribution in [3.8, 4) is 5.75 Å². The predicted octanol–water partition coefficient (Wildman–Crippen LogP) is 2.72. The molecule has 0 radical (unpaired) electrons. The summed E-state index contributed by atoms with van der Waals surface area (Å²) in [7, 11) is 0. The molecule has 0 amide bonds. The normalized spacial score (nSPS) is 25.6. The van der Waals surface area contributed by atoms with Gasteiger partial charge >= 0.3 is 0 Å². The van der Waals surface area contributed by atoms with Gasteiger partial charge in [-0.05, 0) is 67.6 Å². The Kier molecular flexibility index (Phi) is 3.47. The molecule has 0 aromatic heterocycles. The van der Waals surface area contributed by atoms with Gasteiger partial charge in [0.15, 0.2) is 0 Å². The molecule has 3 nitrogen and oxygen atoms in total. The summed E-state index contributed by atoms with van der Waals surface area (Å²) in [6.07, 6.45) is 8.77. The highest BCUT2D eigenvalue weighted by molar-refractivity contribution is 5.59. The number of rotatable bonds is 2. The third-order valence-electron chi connectivity index (χ3n) is 4.12. The van der Waals surface area contributed by atoms with Crippen LogP contribution in [0, 0.1) is 6.92 Å². The van der Waals surface area contributed by atoms with Crippen molar-refractivity contribution in [3.63, 3.8) is 0 Å². The predicted molar refractivity (Wildman–Crippen MR) is 77.9 cm³/mol. The fourth-order valence-corrected chi connectivity index (χ4v) is 2.90. The van der Waals surface area contributed by atoms with Gasteiger partial charge in [-0.1, -0.05) is 6.07 Å². The summed E-state index contributed by atoms with van der Waals surface area (Å²) in [6, 6.07) is 4.78. The number of ether oxygens (including phenoxy) is 1. The van der Waals surface area contributed by atoms with Gasteiger partial charge in [-0.2, -0.15) is 0 Å². The van der Waals surface area contributed by atoms with Crippen molar-refractivity contribution in [2.75, 3.05) is 0 Å². The first-order valence-corrected chi connectivity index (χ1v) is 7.18. The van der Waals surface area contributed by atoms with Gasteiger partial charge in [0, 0.05) is 12.6 Å². The Hall–Kier alpha value is -1.48. The molecule has 0 atom stereocenters. The summed E-state index contributed by atoms with van der Waals surface area (Å²) in [6.45, 7) is 3.04. The molecule has 1 aromatic carbocycles. The highest BCUT2D eigenvalue weighted by Crippen LogP contribution is 2.29. The molecule has 3 heteroatoms. The summed E-state index contributed by atoms with van der Waals surface area (Å²) >= 11 is 0. The minimum atomic E-state index is 0.335. The van der Waals surface area contributed by atoms with Gasteiger partial charge in [0.05, 0.1) is 6.10 Å². The summed E-state index contributed by atoms with van der Waals surface area (Å²) in [4.78, 5) is 0. The maximum Gasteiger partial charge on any atom is 0.123 e. The molecule has 1 aromatic rings. The van der Waals surface area contributed by atoms with Crippen LogP contribution in [-0.2, 0) is 6.54 Å². The third kappa shape index (κ3) is 2.76. The van der Waals surface area contributed by atoms with Gasteiger partial charge < -0.3 is 15.8 Å². The fourth-order valence-electron chi connectivity index (χ4n) is 2.90. The topological polar surface area (TPSA) is 47.3 Å². The van der Waals surface area contributed by atoms with Crippen molar-refractivity contribution in [2.24, 2.45) is 5.73 Å². The molecular formula is C16H22N2O. The summed E-state index contributed by atoms with van der Waals surface area (Å²) in [5.74, 6) is 1.03. The minimum Gasteiger partial charge on any atom is -0.490 e. The molecule has 1 saturated carbocycles. The van der Waals surface area contributed by atoms with Crippen LogP contribution in [0.1, 0.15) is 42.4 Å². The Balaban J connectivity index is 1.76. The Labute approximate surface area is 114 Å². The van der Waals surface area contributed by atoms with Crippen molar-refractivity contribution < 1.29 is 4.74 Å². The molecule has 1 fully saturated rings. The van der Waals surface area contributed by atoms with Crippen LogP contribution < -0.4 is 15.8 Å². The Morgan fingerprint density at radius 2 is 2.00 bits per heavy atom. The molecule has 3 rings (SSSR count). The van der Waals surface area contributed by atoms with E-state index in [0.717, 1.165) is 38.0 Å². The lowest BCUT2D eigenvalue weighted by Gasteiger charge is -2.28. The van der Waals surface area contributed by atoms with Crippen molar-refractivity contribution in [2.45, 2.75) is 51.3 Å². The summed E-state index contributed by atoms with van der Waals surface area (Å²) < 4.78 is 6.19. The van der Waals surface area contributed by atoms with Crippen LogP contribution in [0.5, 0.6) is 5.75 Å². The second kappa shape index (κ2) is 5.25. The van der Waals surface area contributed by atoms with Crippen LogP contribution in [0.2, 0.25) is 0 Å². The molecule has 0 unspecified atom stereocenters. The van der Waals surface area contributed by atoms with E-state index in [-0.39, 0.29) is 0 Å². The zero-order chi connectivity index (χ0) is 13.2. The largest absolute Gasteiger partial charge is 0.490 e. The van der Waals surface area contributed by atoms with Gasteiger partial charge in [-0.25, -0.2) is 0 Å². The monoisotopic (exact) mass is 258 g/mol. The van der Waals surface area contributed by atoms with Crippen molar-refractivity contribution in [1.82, 2.24) is 5.32 Å². The van der Waals surface area contributed by atoms with Crippen LogP contribution in [-0.4, -0.2) is 12.1 Å². The van der Waals surface area contributed by atoms with Crippen molar-refractivity contribution in [1.29, 1.82) is 0 Å². The van der Waals surface area contributed by atoms with Gasteiger partial charge in [-0.15, -0.1) is 0 Å². The molecule has 1 aliphatic heterocycles. The van der Waals surface area contributed by atoms with E-state index >= 15 is 0 Å². The molecule has 1 aliphatic carbocycles. The van der Waals surface area contributed by atoms with Gasteiger partial charge in [0.25, 0.3) is 0 Å². The van der Waals surface area contributed by atoms with Crippen molar-refractivity contribution >= 4 is 6.08 Å². The minimum absolute atomic E-state index is 0.335. The van der Waals surface area contributed by atoms with E-state index in [1.807, 2.05) is 6.20 Å². The SMILES string of the molecule is Cc1cc2c(cc1OC1CCC(N)CC1)C=CNC2. The lowest BCUT2D eigenvalue weighted by Crippen LogP contribution is -2.31. The first-order valence-electron chi connectivity index (χ1n) is 7.18. The maximum absolute atomic E-state index is 6.19. The Bertz CT molecular complexity index is 488. The van der Waals surface area contributed by atoms with Crippen molar-refractivity contribution in [3.05, 3.63) is 35.0 Å². The number of hydrogen-bond donors (Lipinski definition) is 2. The number of aryl methyl sites for hydroxylation is 1. The number of nitrogens with two attached hydrogens (primary N) is 1. The Morgan fingerprint density at radius 1 is 1.21 bits per heavy atom. The third-order valence-corrected chi connectivity index (χ3v) is 4.12. The standard InChI is InChI=1S/C16H22N2O/c1-11-8-13-10-18-7-6-12(13)9-16(11)19-15-4-2-14(17)3-5-15/h6-9,14-15,18H,2-5,10,17H2,1H3. The maximum atomic E-state index is 6.19. The molecule has 0 saturated heterocycles. The van der Waals surface area contributed by atoms with Gasteiger partial charge in [-0.3, -0.25) is 0 Å². The van der Waals surface area contributed by atoms with E-state index in [4.69, 9.17) is 10.5 Å². The molecule has 3 N–H and O–H groups in total. The Morgan fingerprint density at radius 3 is 2.79 bits per heavy atom. The molecular weight excluding hydrogens is 236 g/mol. The second-order valence-corrected chi connectivity index (χ2v) is 5.69. The van der Waals surface area contributed by atoms with Crippen LogP contribution >= 0.6 is 0 Å². The second-order valence-electron chi connectivity index (χ2n) is 5.69. The molecule has 1 heterocycles. The highest BCUT2D eigenvalue weighted by Gasteiger charge is 2.21. The smallest absolute Gasteiger partial charge is 0.123 e. The number of fused-ring (bicyclic) bond motifs is 1. The van der Waals surface area contributed by atoms with E-state index in [0.29, 0.717) is 12.1 Å². The summed E-state index contributed by atoms with van der Waals surface area (Å²) in [5.41, 5.74) is 9.78. The summed E-state index contributed by atoms with van der Waals surface area (Å²) in [5, 5.41) is 3.24. The zero-order valence-corrected chi connectivity index (χ0v) is 11.5. The van der Waals surface area contributed by atoms with Crippen LogP contribution in [0.15, 0.2) is 18.3 Å². The highest BCUT2D eigenvalue weighted by atomic mass is 16.5. The quantitative estimate of drug-likeness (QED) is 0.857. The lowest BCUT2D eigenvalue weighted by atomic mass is 9.93. The molecule has 19 heavy (non-hydrogen) atoms. The van der Waals surface area contributed by atoms with E-state index < -0.39 is 0 Å².